The first kappa shape index (κ1) is 11.8. The van der Waals surface area contributed by atoms with Gasteiger partial charge in [0.1, 0.15) is 0 Å². The van der Waals surface area contributed by atoms with Crippen LogP contribution in [-0.2, 0) is 0 Å². The zero-order valence-corrected chi connectivity index (χ0v) is 8.91. The number of unbranched alkanes of at least 4 members (excludes halogenated alkanes) is 1. The van der Waals surface area contributed by atoms with Gasteiger partial charge < -0.3 is 5.73 Å². The Morgan fingerprint density at radius 1 is 1.50 bits per heavy atom. The zero-order chi connectivity index (χ0) is 9.40. The van der Waals surface area contributed by atoms with E-state index in [1.54, 1.807) is 0 Å². The highest BCUT2D eigenvalue weighted by Crippen LogP contribution is 2.17. The molecule has 0 bridgehead atoms. The Morgan fingerprint density at radius 3 is 2.58 bits per heavy atom. The van der Waals surface area contributed by atoms with E-state index in [1.165, 1.54) is 37.4 Å². The molecular weight excluding hydrogens is 168 g/mol. The van der Waals surface area contributed by atoms with Crippen LogP contribution in [-0.4, -0.2) is 10.9 Å². The highest BCUT2D eigenvalue weighted by molar-refractivity contribution is 8.13. The third kappa shape index (κ3) is 6.53. The van der Waals surface area contributed by atoms with Crippen LogP contribution in [0.4, 0.5) is 0 Å². The molecule has 0 spiro atoms. The average molecular weight is 188 g/mol. The minimum absolute atomic E-state index is 0.255. The van der Waals surface area contributed by atoms with Crippen molar-refractivity contribution in [3.05, 3.63) is 0 Å². The summed E-state index contributed by atoms with van der Waals surface area (Å²) in [5.41, 5.74) is 5.27. The Morgan fingerprint density at radius 2 is 2.17 bits per heavy atom. The van der Waals surface area contributed by atoms with Gasteiger partial charge >= 0.3 is 0 Å². The van der Waals surface area contributed by atoms with Crippen LogP contribution in [0.2, 0.25) is 0 Å². The second kappa shape index (κ2) is 7.47. The molecule has 0 aliphatic carbocycles. The van der Waals surface area contributed by atoms with Crippen molar-refractivity contribution in [1.82, 2.24) is 0 Å². The van der Waals surface area contributed by atoms with Crippen LogP contribution in [0.5, 0.6) is 0 Å². The number of thioether (sulfide) groups is 1. The summed E-state index contributed by atoms with van der Waals surface area (Å²) in [7, 11) is 0. The maximum Gasteiger partial charge on any atom is 0.151 e. The number of amidine groups is 1. The minimum Gasteiger partial charge on any atom is -0.379 e. The summed E-state index contributed by atoms with van der Waals surface area (Å²) in [6.07, 6.45) is 5.06. The number of rotatable bonds is 6. The van der Waals surface area contributed by atoms with E-state index >= 15 is 0 Å². The summed E-state index contributed by atoms with van der Waals surface area (Å²) in [5.74, 6) is 1.77. The topological polar surface area (TPSA) is 49.9 Å². The molecule has 1 unspecified atom stereocenters. The van der Waals surface area contributed by atoms with Crippen LogP contribution in [0.25, 0.3) is 0 Å². The molecule has 12 heavy (non-hydrogen) atoms. The van der Waals surface area contributed by atoms with Crippen LogP contribution < -0.4 is 5.73 Å². The maximum absolute atomic E-state index is 7.08. The molecule has 0 saturated heterocycles. The number of hydrogen-bond donors (Lipinski definition) is 2. The molecule has 3 heteroatoms. The first-order valence-corrected chi connectivity index (χ1v) is 5.66. The van der Waals surface area contributed by atoms with Gasteiger partial charge in [-0.25, -0.2) is 0 Å². The predicted octanol–water partition coefficient (Wildman–Crippen LogP) is 2.83. The summed E-state index contributed by atoms with van der Waals surface area (Å²) in [4.78, 5) is 0. The molecule has 0 aliphatic heterocycles. The molecule has 0 rings (SSSR count). The molecule has 2 nitrogen and oxygen atoms in total. The highest BCUT2D eigenvalue weighted by Gasteiger charge is 2.05. The van der Waals surface area contributed by atoms with Crippen molar-refractivity contribution in [3.63, 3.8) is 0 Å². The van der Waals surface area contributed by atoms with Crippen molar-refractivity contribution in [3.8, 4) is 0 Å². The zero-order valence-electron chi connectivity index (χ0n) is 8.10. The standard InChI is InChI=1S/C9H20N2S/c1-3-5-6-8(4-2)7-12-9(10)11/h8H,3-7H2,1-2H3,(H3,10,11). The number of nitrogens with one attached hydrogen (secondary N) is 1. The van der Waals surface area contributed by atoms with E-state index in [1.807, 2.05) is 0 Å². The summed E-state index contributed by atoms with van der Waals surface area (Å²) in [6.45, 7) is 4.42. The van der Waals surface area contributed by atoms with E-state index in [0.717, 1.165) is 11.7 Å². The van der Waals surface area contributed by atoms with Gasteiger partial charge in [0, 0.05) is 5.75 Å². The Balaban J connectivity index is 3.45. The van der Waals surface area contributed by atoms with Gasteiger partial charge in [0.25, 0.3) is 0 Å². The molecule has 0 aromatic rings. The smallest absolute Gasteiger partial charge is 0.151 e. The lowest BCUT2D eigenvalue weighted by Gasteiger charge is -2.12. The summed E-state index contributed by atoms with van der Waals surface area (Å²) in [5, 5.41) is 7.34. The lowest BCUT2D eigenvalue weighted by Crippen LogP contribution is -2.09. The monoisotopic (exact) mass is 188 g/mol. The molecule has 0 aromatic heterocycles. The van der Waals surface area contributed by atoms with E-state index in [2.05, 4.69) is 13.8 Å². The van der Waals surface area contributed by atoms with Gasteiger partial charge in [-0.15, -0.1) is 0 Å². The van der Waals surface area contributed by atoms with Gasteiger partial charge in [0.05, 0.1) is 0 Å². The predicted molar refractivity (Wildman–Crippen MR) is 57.7 cm³/mol. The fourth-order valence-corrected chi connectivity index (χ4v) is 1.92. The van der Waals surface area contributed by atoms with E-state index in [0.29, 0.717) is 0 Å². The second-order valence-electron chi connectivity index (χ2n) is 3.09. The fraction of sp³-hybridized carbons (Fsp3) is 0.889. The quantitative estimate of drug-likeness (QED) is 0.497. The van der Waals surface area contributed by atoms with Crippen molar-refractivity contribution in [1.29, 1.82) is 5.41 Å². The molecule has 0 radical (unpaired) electrons. The molecule has 3 N–H and O–H groups in total. The van der Waals surface area contributed by atoms with E-state index in [4.69, 9.17) is 11.1 Å². The largest absolute Gasteiger partial charge is 0.379 e. The van der Waals surface area contributed by atoms with Crippen LogP contribution in [0, 0.1) is 11.3 Å². The summed E-state index contributed by atoms with van der Waals surface area (Å²) < 4.78 is 0. The molecule has 1 atom stereocenters. The Hall–Kier alpha value is -0.180. The van der Waals surface area contributed by atoms with Crippen molar-refractivity contribution in [2.75, 3.05) is 5.75 Å². The van der Waals surface area contributed by atoms with E-state index in [9.17, 15) is 0 Å². The molecule has 0 fully saturated rings. The minimum atomic E-state index is 0.255. The maximum atomic E-state index is 7.08. The first-order chi connectivity index (χ1) is 5.70. The Kier molecular flexibility index (Phi) is 7.36. The molecule has 72 valence electrons. The Bertz CT molecular complexity index is 126. The van der Waals surface area contributed by atoms with Gasteiger partial charge in [-0.1, -0.05) is 44.9 Å². The molecule has 0 aromatic carbocycles. The number of hydrogen-bond acceptors (Lipinski definition) is 2. The lowest BCUT2D eigenvalue weighted by atomic mass is 10.0. The molecule has 0 amide bonds. The number of nitrogens with two attached hydrogens (primary N) is 1. The molecular formula is C9H20N2S. The van der Waals surface area contributed by atoms with Crippen LogP contribution >= 0.6 is 11.8 Å². The summed E-state index contributed by atoms with van der Waals surface area (Å²) in [6, 6.07) is 0. The SMILES string of the molecule is CCCCC(CC)CSC(=N)N. The van der Waals surface area contributed by atoms with Crippen molar-refractivity contribution in [2.24, 2.45) is 11.7 Å². The van der Waals surface area contributed by atoms with E-state index < -0.39 is 0 Å². The van der Waals surface area contributed by atoms with Gasteiger partial charge in [-0.05, 0) is 12.3 Å². The first-order valence-electron chi connectivity index (χ1n) is 4.67. The van der Waals surface area contributed by atoms with Crippen molar-refractivity contribution < 1.29 is 0 Å². The summed E-state index contributed by atoms with van der Waals surface area (Å²) >= 11 is 1.48. The fourth-order valence-electron chi connectivity index (χ4n) is 1.11. The third-order valence-electron chi connectivity index (χ3n) is 2.02. The Labute approximate surface area is 79.8 Å². The molecule has 0 saturated carbocycles. The third-order valence-corrected chi connectivity index (χ3v) is 2.97. The average Bonchev–Trinajstić information content (AvgIpc) is 2.05. The normalized spacial score (nSPS) is 12.8. The van der Waals surface area contributed by atoms with Crippen LogP contribution in [0.15, 0.2) is 0 Å². The van der Waals surface area contributed by atoms with Gasteiger partial charge in [-0.3, -0.25) is 5.41 Å². The van der Waals surface area contributed by atoms with Gasteiger partial charge in [0.2, 0.25) is 0 Å². The second-order valence-corrected chi connectivity index (χ2v) is 4.15. The van der Waals surface area contributed by atoms with Crippen LogP contribution in [0.1, 0.15) is 39.5 Å². The highest BCUT2D eigenvalue weighted by atomic mass is 32.2. The van der Waals surface area contributed by atoms with Crippen molar-refractivity contribution >= 4 is 16.9 Å². The van der Waals surface area contributed by atoms with Gasteiger partial charge in [0.15, 0.2) is 5.17 Å². The molecule has 0 heterocycles. The van der Waals surface area contributed by atoms with Gasteiger partial charge in [-0.2, -0.15) is 0 Å². The lowest BCUT2D eigenvalue weighted by molar-refractivity contribution is 0.500. The van der Waals surface area contributed by atoms with Crippen LogP contribution in [0.3, 0.4) is 0 Å². The van der Waals surface area contributed by atoms with Crippen molar-refractivity contribution in [2.45, 2.75) is 39.5 Å². The molecule has 0 aliphatic rings. The van der Waals surface area contributed by atoms with E-state index in [-0.39, 0.29) is 5.17 Å².